The number of carbonyl (C=O) groups excluding carboxylic acids is 3. The second-order valence-electron chi connectivity index (χ2n) is 8.89. The van der Waals surface area contributed by atoms with Crippen molar-refractivity contribution in [2.75, 3.05) is 55.3 Å². The molecule has 2 aromatic carbocycles. The van der Waals surface area contributed by atoms with Crippen LogP contribution in [-0.4, -0.2) is 83.5 Å². The minimum absolute atomic E-state index is 0.136. The van der Waals surface area contributed by atoms with Crippen LogP contribution in [0.25, 0.3) is 10.9 Å². The molecule has 5 rings (SSSR count). The fourth-order valence-electron chi connectivity index (χ4n) is 4.70. The molecule has 2 aliphatic rings. The van der Waals surface area contributed by atoms with Crippen molar-refractivity contribution >= 4 is 51.3 Å². The molecule has 10 nitrogen and oxygen atoms in total. The Bertz CT molecular complexity index is 1360. The molecular formula is C25H27FN6O4S. The van der Waals surface area contributed by atoms with Gasteiger partial charge in [-0.3, -0.25) is 19.2 Å². The van der Waals surface area contributed by atoms with Crippen LogP contribution in [0.2, 0.25) is 0 Å². The molecule has 1 N–H and O–H groups in total. The molecular weight excluding hydrogens is 499 g/mol. The van der Waals surface area contributed by atoms with Gasteiger partial charge in [0.1, 0.15) is 11.9 Å². The average Bonchev–Trinajstić information content (AvgIpc) is 3.46. The van der Waals surface area contributed by atoms with Gasteiger partial charge in [0, 0.05) is 38.6 Å². The summed E-state index contributed by atoms with van der Waals surface area (Å²) >= 11 is 1.04. The molecule has 12 heteroatoms. The van der Waals surface area contributed by atoms with Gasteiger partial charge >= 0.3 is 6.09 Å². The van der Waals surface area contributed by atoms with E-state index in [1.54, 1.807) is 28.0 Å². The van der Waals surface area contributed by atoms with Crippen LogP contribution in [0.4, 0.5) is 25.4 Å². The minimum atomic E-state index is -0.579. The molecule has 1 unspecified atom stereocenters. The number of thioether (sulfide) groups is 1. The summed E-state index contributed by atoms with van der Waals surface area (Å²) in [5, 5.41) is 7.70. The van der Waals surface area contributed by atoms with E-state index in [0.717, 1.165) is 22.7 Å². The zero-order chi connectivity index (χ0) is 26.1. The lowest BCUT2D eigenvalue weighted by molar-refractivity contribution is 0.0741. The van der Waals surface area contributed by atoms with Crippen LogP contribution in [0.3, 0.4) is 0 Å². The van der Waals surface area contributed by atoms with Gasteiger partial charge < -0.3 is 19.9 Å². The number of fused-ring (bicyclic) bond motifs is 1. The number of cyclic esters (lactones) is 1. The number of ether oxygens (including phenoxy) is 1. The summed E-state index contributed by atoms with van der Waals surface area (Å²) in [6, 6.07) is 12.3. The van der Waals surface area contributed by atoms with E-state index >= 15 is 4.39 Å². The van der Waals surface area contributed by atoms with Crippen molar-refractivity contribution in [3.05, 3.63) is 54.0 Å². The molecule has 1 atom stereocenters. The molecule has 0 saturated carbocycles. The summed E-state index contributed by atoms with van der Waals surface area (Å²) in [4.78, 5) is 41.9. The number of hydrogen-bond donors (Lipinski definition) is 1. The first kappa shape index (κ1) is 24.9. The number of hydrogen-bond acceptors (Lipinski definition) is 7. The van der Waals surface area contributed by atoms with Crippen LogP contribution >= 0.6 is 11.8 Å². The van der Waals surface area contributed by atoms with Crippen molar-refractivity contribution in [2.45, 2.75) is 6.10 Å². The van der Waals surface area contributed by atoms with Crippen molar-refractivity contribution in [1.82, 2.24) is 20.0 Å². The predicted octanol–water partition coefficient (Wildman–Crippen LogP) is 3.07. The van der Waals surface area contributed by atoms with Crippen LogP contribution in [0.15, 0.2) is 42.5 Å². The third kappa shape index (κ3) is 4.93. The van der Waals surface area contributed by atoms with Gasteiger partial charge in [0.25, 0.3) is 11.1 Å². The number of amides is 3. The number of nitrogens with one attached hydrogen (secondary N) is 1. The first-order valence-corrected chi connectivity index (χ1v) is 13.1. The van der Waals surface area contributed by atoms with Gasteiger partial charge in [0.2, 0.25) is 0 Å². The highest BCUT2D eigenvalue weighted by molar-refractivity contribution is 8.12. The van der Waals surface area contributed by atoms with Crippen molar-refractivity contribution < 1.29 is 23.5 Å². The zero-order valence-corrected chi connectivity index (χ0v) is 21.3. The summed E-state index contributed by atoms with van der Waals surface area (Å²) in [6.45, 7) is 2.22. The highest BCUT2D eigenvalue weighted by atomic mass is 32.2. The van der Waals surface area contributed by atoms with Gasteiger partial charge in [0.15, 0.2) is 5.69 Å². The highest BCUT2D eigenvalue weighted by Gasteiger charge is 2.33. The Morgan fingerprint density at radius 1 is 1.16 bits per heavy atom. The number of aromatic nitrogens is 2. The number of aryl methyl sites for hydroxylation is 1. The lowest BCUT2D eigenvalue weighted by Gasteiger charge is -2.36. The monoisotopic (exact) mass is 526 g/mol. The smallest absolute Gasteiger partial charge is 0.414 e. The lowest BCUT2D eigenvalue weighted by atomic mass is 10.1. The molecule has 2 aliphatic heterocycles. The van der Waals surface area contributed by atoms with E-state index in [2.05, 4.69) is 10.4 Å². The van der Waals surface area contributed by atoms with E-state index in [4.69, 9.17) is 4.74 Å². The van der Waals surface area contributed by atoms with Crippen LogP contribution in [0.5, 0.6) is 0 Å². The molecule has 0 bridgehead atoms. The van der Waals surface area contributed by atoms with Crippen molar-refractivity contribution in [1.29, 1.82) is 0 Å². The second-order valence-corrected chi connectivity index (χ2v) is 9.67. The Morgan fingerprint density at radius 2 is 1.92 bits per heavy atom. The number of para-hydroxylation sites is 1. The summed E-state index contributed by atoms with van der Waals surface area (Å²) < 4.78 is 22.1. The molecule has 3 aromatic rings. The van der Waals surface area contributed by atoms with E-state index in [9.17, 15) is 14.4 Å². The van der Waals surface area contributed by atoms with Crippen LogP contribution in [-0.2, 0) is 11.8 Å². The second kappa shape index (κ2) is 10.3. The number of halogens is 1. The van der Waals surface area contributed by atoms with Gasteiger partial charge in [-0.2, -0.15) is 5.10 Å². The fourth-order valence-corrected chi connectivity index (χ4v) is 4.93. The molecule has 3 heterocycles. The van der Waals surface area contributed by atoms with Crippen LogP contribution in [0, 0.1) is 5.82 Å². The number of piperazine rings is 1. The first-order chi connectivity index (χ1) is 17.9. The maximum atomic E-state index is 15.1. The number of nitrogens with zero attached hydrogens (tertiary/aromatic N) is 5. The SMILES string of the molecule is CSC(=O)NCC1CN(c2ccc(N3CCN(C(=O)c4nn(C)c5ccccc45)CC3)c(F)c2)C(=O)O1. The van der Waals surface area contributed by atoms with E-state index in [1.807, 2.05) is 36.2 Å². The van der Waals surface area contributed by atoms with Gasteiger partial charge in [-0.15, -0.1) is 0 Å². The third-order valence-corrected chi connectivity index (χ3v) is 7.16. The molecule has 1 aromatic heterocycles. The van der Waals surface area contributed by atoms with Crippen molar-refractivity contribution in [3.8, 4) is 0 Å². The first-order valence-electron chi connectivity index (χ1n) is 11.9. The normalized spacial score (nSPS) is 17.9. The van der Waals surface area contributed by atoms with E-state index < -0.39 is 18.0 Å². The number of carbonyl (C=O) groups is 3. The average molecular weight is 527 g/mol. The maximum absolute atomic E-state index is 15.1. The summed E-state index contributed by atoms with van der Waals surface area (Å²) in [5.41, 5.74) is 2.12. The van der Waals surface area contributed by atoms with Crippen LogP contribution < -0.4 is 15.1 Å². The molecule has 37 heavy (non-hydrogen) atoms. The zero-order valence-electron chi connectivity index (χ0n) is 20.5. The Kier molecular flexibility index (Phi) is 6.92. The van der Waals surface area contributed by atoms with Gasteiger partial charge in [-0.1, -0.05) is 30.0 Å². The molecule has 194 valence electrons. The Morgan fingerprint density at radius 3 is 2.65 bits per heavy atom. The Labute approximate surface area is 217 Å². The van der Waals surface area contributed by atoms with Crippen molar-refractivity contribution in [3.63, 3.8) is 0 Å². The molecule has 0 aliphatic carbocycles. The van der Waals surface area contributed by atoms with Gasteiger partial charge in [-0.05, 0) is 30.5 Å². The Hall–Kier alpha value is -3.80. The summed E-state index contributed by atoms with van der Waals surface area (Å²) in [5.74, 6) is -0.594. The fraction of sp³-hybridized carbons (Fsp3) is 0.360. The quantitative estimate of drug-likeness (QED) is 0.546. The van der Waals surface area contributed by atoms with Crippen molar-refractivity contribution in [2.24, 2.45) is 7.05 Å². The number of benzene rings is 2. The van der Waals surface area contributed by atoms with E-state index in [-0.39, 0.29) is 24.2 Å². The standard InChI is InChI=1S/C25H27FN6O4S/c1-29-20-6-4-3-5-18(20)22(28-29)23(33)31-11-9-30(10-12-31)21-8-7-16(13-19(21)26)32-15-17(36-25(32)35)14-27-24(34)37-2/h3-8,13,17H,9-12,14-15H2,1-2H3,(H,27,34). The predicted molar refractivity (Wildman–Crippen MR) is 140 cm³/mol. The number of anilines is 2. The Balaban J connectivity index is 1.22. The highest BCUT2D eigenvalue weighted by Crippen LogP contribution is 2.29. The topological polar surface area (TPSA) is 100 Å². The lowest BCUT2D eigenvalue weighted by Crippen LogP contribution is -2.49. The molecule has 2 fully saturated rings. The molecule has 0 radical (unpaired) electrons. The van der Waals surface area contributed by atoms with E-state index in [1.165, 1.54) is 11.0 Å². The summed E-state index contributed by atoms with van der Waals surface area (Å²) in [7, 11) is 1.81. The molecule has 3 amide bonds. The molecule has 2 saturated heterocycles. The number of rotatable bonds is 5. The van der Waals surface area contributed by atoms with E-state index in [0.29, 0.717) is 43.2 Å². The third-order valence-electron chi connectivity index (χ3n) is 6.64. The summed E-state index contributed by atoms with van der Waals surface area (Å²) in [6.07, 6.45) is 0.574. The maximum Gasteiger partial charge on any atom is 0.414 e. The van der Waals surface area contributed by atoms with Crippen LogP contribution in [0.1, 0.15) is 10.5 Å². The minimum Gasteiger partial charge on any atom is -0.442 e. The van der Waals surface area contributed by atoms with Gasteiger partial charge in [0.05, 0.1) is 30.0 Å². The molecule has 0 spiro atoms. The van der Waals surface area contributed by atoms with Gasteiger partial charge in [-0.25, -0.2) is 9.18 Å². The largest absolute Gasteiger partial charge is 0.442 e.